The number of pyridine rings is 1. The summed E-state index contributed by atoms with van der Waals surface area (Å²) in [6.45, 7) is 3.16. The van der Waals surface area contributed by atoms with Gasteiger partial charge in [-0.3, -0.25) is 4.79 Å². The van der Waals surface area contributed by atoms with Crippen LogP contribution in [0, 0.1) is 5.41 Å². The zero-order valence-corrected chi connectivity index (χ0v) is 12.2. The fourth-order valence-electron chi connectivity index (χ4n) is 1.46. The Morgan fingerprint density at radius 1 is 1.27 bits per heavy atom. The lowest BCUT2D eigenvalue weighted by atomic mass is 9.94. The van der Waals surface area contributed by atoms with Crippen molar-refractivity contribution in [2.45, 2.75) is 20.0 Å². The van der Waals surface area contributed by atoms with Gasteiger partial charge in [0.05, 0.1) is 24.4 Å². The van der Waals surface area contributed by atoms with Crippen LogP contribution in [0.4, 0.5) is 23.7 Å². The zero-order valence-electron chi connectivity index (χ0n) is 12.2. The molecule has 1 aromatic rings. The number of hydrogen-bond donors (Lipinski definition) is 2. The molecule has 0 radical (unpaired) electrons. The van der Waals surface area contributed by atoms with Gasteiger partial charge in [-0.1, -0.05) is 0 Å². The molecule has 0 atom stereocenters. The second kappa shape index (κ2) is 6.63. The van der Waals surface area contributed by atoms with Gasteiger partial charge >= 0.3 is 18.2 Å². The number of methoxy groups -OCH3 is 1. The van der Waals surface area contributed by atoms with Gasteiger partial charge in [0.15, 0.2) is 0 Å². The zero-order chi connectivity index (χ0) is 17.0. The van der Waals surface area contributed by atoms with Crippen LogP contribution < -0.4 is 10.6 Å². The standard InChI is InChI=1S/C13H16F3N3O3/c1-12(2,10(20)22-3)7-18-11(21)19-8-4-5-9(17-6-8)13(14,15)16/h4-6H,7H2,1-3H3,(H2,18,19,21). The van der Waals surface area contributed by atoms with Crippen LogP contribution in [-0.4, -0.2) is 30.6 Å². The predicted octanol–water partition coefficient (Wildman–Crippen LogP) is 2.42. The number of aromatic nitrogens is 1. The first-order valence-electron chi connectivity index (χ1n) is 6.23. The third-order valence-electron chi connectivity index (χ3n) is 2.74. The van der Waals surface area contributed by atoms with Crippen molar-refractivity contribution in [2.24, 2.45) is 5.41 Å². The molecule has 0 aliphatic rings. The minimum absolute atomic E-state index is 0.000427. The molecule has 0 bridgehead atoms. The Labute approximate surface area is 125 Å². The molecule has 0 aromatic carbocycles. The summed E-state index contributed by atoms with van der Waals surface area (Å²) in [5.41, 5.74) is -1.88. The summed E-state index contributed by atoms with van der Waals surface area (Å²) in [6, 6.07) is 1.17. The lowest BCUT2D eigenvalue weighted by Gasteiger charge is -2.21. The number of carbonyl (C=O) groups excluding carboxylic acids is 2. The van der Waals surface area contributed by atoms with Crippen molar-refractivity contribution in [2.75, 3.05) is 19.0 Å². The topological polar surface area (TPSA) is 80.3 Å². The molecule has 0 saturated carbocycles. The van der Waals surface area contributed by atoms with Crippen molar-refractivity contribution in [3.05, 3.63) is 24.0 Å². The third-order valence-corrected chi connectivity index (χ3v) is 2.74. The van der Waals surface area contributed by atoms with Crippen LogP contribution in [-0.2, 0) is 15.7 Å². The lowest BCUT2D eigenvalue weighted by Crippen LogP contribution is -2.41. The summed E-state index contributed by atoms with van der Waals surface area (Å²) in [5, 5.41) is 4.75. The summed E-state index contributed by atoms with van der Waals surface area (Å²) in [7, 11) is 1.23. The number of carbonyl (C=O) groups is 2. The molecular weight excluding hydrogens is 303 g/mol. The van der Waals surface area contributed by atoms with Crippen LogP contribution >= 0.6 is 0 Å². The van der Waals surface area contributed by atoms with Gasteiger partial charge in [-0.25, -0.2) is 9.78 Å². The van der Waals surface area contributed by atoms with Crippen molar-refractivity contribution in [3.63, 3.8) is 0 Å². The number of esters is 1. The third kappa shape index (κ3) is 4.90. The molecule has 6 nitrogen and oxygen atoms in total. The largest absolute Gasteiger partial charge is 0.469 e. The molecule has 1 heterocycles. The van der Waals surface area contributed by atoms with Gasteiger partial charge in [0.1, 0.15) is 5.69 Å². The number of nitrogens with one attached hydrogen (secondary N) is 2. The van der Waals surface area contributed by atoms with Gasteiger partial charge in [-0.2, -0.15) is 13.2 Å². The highest BCUT2D eigenvalue weighted by molar-refractivity contribution is 5.89. The molecule has 0 aliphatic carbocycles. The number of nitrogens with zero attached hydrogens (tertiary/aromatic N) is 1. The molecule has 2 N–H and O–H groups in total. The van der Waals surface area contributed by atoms with Crippen LogP contribution in [0.3, 0.4) is 0 Å². The number of rotatable bonds is 4. The molecule has 0 aliphatic heterocycles. The molecule has 1 rings (SSSR count). The van der Waals surface area contributed by atoms with Crippen LogP contribution in [0.2, 0.25) is 0 Å². The Morgan fingerprint density at radius 3 is 2.36 bits per heavy atom. The highest BCUT2D eigenvalue weighted by Gasteiger charge is 2.32. The van der Waals surface area contributed by atoms with E-state index in [9.17, 15) is 22.8 Å². The molecule has 9 heteroatoms. The first-order chi connectivity index (χ1) is 10.1. The Kier molecular flexibility index (Phi) is 5.34. The van der Waals surface area contributed by atoms with Gasteiger partial charge in [-0.15, -0.1) is 0 Å². The van der Waals surface area contributed by atoms with Gasteiger partial charge in [0.2, 0.25) is 0 Å². The van der Waals surface area contributed by atoms with E-state index in [2.05, 4.69) is 20.4 Å². The van der Waals surface area contributed by atoms with Gasteiger partial charge in [0.25, 0.3) is 0 Å². The van der Waals surface area contributed by atoms with E-state index in [-0.39, 0.29) is 12.2 Å². The number of urea groups is 1. The molecule has 0 fully saturated rings. The average molecular weight is 319 g/mol. The number of hydrogen-bond acceptors (Lipinski definition) is 4. The van der Waals surface area contributed by atoms with Gasteiger partial charge in [0, 0.05) is 6.54 Å². The number of alkyl halides is 3. The fraction of sp³-hybridized carbons (Fsp3) is 0.462. The second-order valence-corrected chi connectivity index (χ2v) is 5.11. The molecule has 122 valence electrons. The van der Waals surface area contributed by atoms with Crippen molar-refractivity contribution in [1.82, 2.24) is 10.3 Å². The normalized spacial score (nSPS) is 11.7. The maximum absolute atomic E-state index is 12.3. The molecule has 22 heavy (non-hydrogen) atoms. The minimum Gasteiger partial charge on any atom is -0.469 e. The van der Waals surface area contributed by atoms with Crippen molar-refractivity contribution in [3.8, 4) is 0 Å². The van der Waals surface area contributed by atoms with Crippen LogP contribution in [0.25, 0.3) is 0 Å². The Morgan fingerprint density at radius 2 is 1.91 bits per heavy atom. The monoisotopic (exact) mass is 319 g/mol. The summed E-state index contributed by atoms with van der Waals surface area (Å²) in [4.78, 5) is 26.3. The first-order valence-corrected chi connectivity index (χ1v) is 6.23. The quantitative estimate of drug-likeness (QED) is 0.835. The van der Waals surface area contributed by atoms with Gasteiger partial charge in [-0.05, 0) is 26.0 Å². The summed E-state index contributed by atoms with van der Waals surface area (Å²) >= 11 is 0. The van der Waals surface area contributed by atoms with Crippen molar-refractivity contribution < 1.29 is 27.5 Å². The molecule has 1 aromatic heterocycles. The van der Waals surface area contributed by atoms with Crippen LogP contribution in [0.5, 0.6) is 0 Å². The Hall–Kier alpha value is -2.32. The van der Waals surface area contributed by atoms with E-state index in [1.807, 2.05) is 0 Å². The highest BCUT2D eigenvalue weighted by atomic mass is 19.4. The van der Waals surface area contributed by atoms with Crippen LogP contribution in [0.15, 0.2) is 18.3 Å². The molecular formula is C13H16F3N3O3. The molecule has 0 saturated heterocycles. The molecule has 2 amide bonds. The van der Waals surface area contributed by atoms with E-state index in [4.69, 9.17) is 0 Å². The Bertz CT molecular complexity index is 542. The van der Waals surface area contributed by atoms with Gasteiger partial charge < -0.3 is 15.4 Å². The van der Waals surface area contributed by atoms with E-state index >= 15 is 0 Å². The maximum atomic E-state index is 12.3. The molecule has 0 spiro atoms. The van der Waals surface area contributed by atoms with E-state index in [0.717, 1.165) is 18.3 Å². The van der Waals surface area contributed by atoms with Crippen molar-refractivity contribution in [1.29, 1.82) is 0 Å². The number of anilines is 1. The van der Waals surface area contributed by atoms with Crippen LogP contribution in [0.1, 0.15) is 19.5 Å². The fourth-order valence-corrected chi connectivity index (χ4v) is 1.46. The number of amides is 2. The smallest absolute Gasteiger partial charge is 0.433 e. The van der Waals surface area contributed by atoms with E-state index in [0.29, 0.717) is 0 Å². The SMILES string of the molecule is COC(=O)C(C)(C)CNC(=O)Nc1ccc(C(F)(F)F)nc1. The highest BCUT2D eigenvalue weighted by Crippen LogP contribution is 2.27. The minimum atomic E-state index is -4.54. The average Bonchev–Trinajstić information content (AvgIpc) is 2.44. The predicted molar refractivity (Wildman–Crippen MR) is 72.1 cm³/mol. The second-order valence-electron chi connectivity index (χ2n) is 5.11. The Balaban J connectivity index is 2.57. The summed E-state index contributed by atoms with van der Waals surface area (Å²) < 4.78 is 41.6. The first kappa shape index (κ1) is 17.7. The lowest BCUT2D eigenvalue weighted by molar-refractivity contribution is -0.150. The van der Waals surface area contributed by atoms with E-state index in [1.165, 1.54) is 7.11 Å². The number of halogens is 3. The summed E-state index contributed by atoms with van der Waals surface area (Å²) in [5.74, 6) is -0.496. The van der Waals surface area contributed by atoms with Crippen molar-refractivity contribution >= 4 is 17.7 Å². The summed E-state index contributed by atoms with van der Waals surface area (Å²) in [6.07, 6.45) is -3.64. The maximum Gasteiger partial charge on any atom is 0.433 e. The number of ether oxygens (including phenoxy) is 1. The van der Waals surface area contributed by atoms with E-state index in [1.54, 1.807) is 13.8 Å². The molecule has 0 unspecified atom stereocenters. The van der Waals surface area contributed by atoms with E-state index < -0.39 is 29.3 Å².